The van der Waals surface area contributed by atoms with Gasteiger partial charge in [0.1, 0.15) is 6.04 Å². The first-order chi connectivity index (χ1) is 8.40. The van der Waals surface area contributed by atoms with E-state index >= 15 is 0 Å². The predicted octanol–water partition coefficient (Wildman–Crippen LogP) is 1.73. The van der Waals surface area contributed by atoms with E-state index in [0.717, 1.165) is 32.1 Å². The van der Waals surface area contributed by atoms with Crippen molar-refractivity contribution in [3.05, 3.63) is 0 Å². The maximum absolute atomic E-state index is 11.8. The van der Waals surface area contributed by atoms with Crippen LogP contribution in [0.25, 0.3) is 0 Å². The number of urea groups is 1. The Bertz CT molecular complexity index is 350. The highest BCUT2D eigenvalue weighted by atomic mass is 16.4. The van der Waals surface area contributed by atoms with E-state index in [1.807, 2.05) is 0 Å². The molecule has 0 radical (unpaired) electrons. The Morgan fingerprint density at radius 3 is 2.39 bits per heavy atom. The molecule has 0 heterocycles. The van der Waals surface area contributed by atoms with Gasteiger partial charge in [-0.2, -0.15) is 0 Å². The molecular formula is C13H22N2O3. The number of amides is 2. The fourth-order valence-electron chi connectivity index (χ4n) is 2.75. The van der Waals surface area contributed by atoms with Gasteiger partial charge in [-0.05, 0) is 37.0 Å². The number of carboxylic acids is 1. The molecule has 2 amide bonds. The van der Waals surface area contributed by atoms with Crippen molar-refractivity contribution in [2.75, 3.05) is 0 Å². The average Bonchev–Trinajstić information content (AvgIpc) is 3.03. The summed E-state index contributed by atoms with van der Waals surface area (Å²) in [6, 6.07) is -0.921. The van der Waals surface area contributed by atoms with Crippen LogP contribution in [0.5, 0.6) is 0 Å². The molecule has 2 atom stereocenters. The highest BCUT2D eigenvalue weighted by molar-refractivity contribution is 5.83. The van der Waals surface area contributed by atoms with E-state index in [1.54, 1.807) is 0 Å². The van der Waals surface area contributed by atoms with Crippen molar-refractivity contribution in [3.8, 4) is 0 Å². The molecule has 0 aliphatic heterocycles. The Morgan fingerprint density at radius 2 is 1.94 bits per heavy atom. The van der Waals surface area contributed by atoms with Crippen LogP contribution in [0.1, 0.15) is 46.0 Å². The molecule has 0 aromatic carbocycles. The zero-order valence-corrected chi connectivity index (χ0v) is 11.0. The molecule has 0 bridgehead atoms. The van der Waals surface area contributed by atoms with Crippen molar-refractivity contribution >= 4 is 12.0 Å². The van der Waals surface area contributed by atoms with Crippen molar-refractivity contribution in [2.45, 2.75) is 58.0 Å². The molecule has 2 fully saturated rings. The van der Waals surface area contributed by atoms with Gasteiger partial charge in [-0.1, -0.05) is 20.3 Å². The van der Waals surface area contributed by atoms with E-state index < -0.39 is 12.0 Å². The molecule has 0 aromatic heterocycles. The molecule has 0 saturated heterocycles. The van der Waals surface area contributed by atoms with Crippen LogP contribution in [0.15, 0.2) is 0 Å². The van der Waals surface area contributed by atoms with Gasteiger partial charge in [0.05, 0.1) is 0 Å². The fraction of sp³-hybridized carbons (Fsp3) is 0.846. The lowest BCUT2D eigenvalue weighted by atomic mass is 9.87. The number of hydrogen-bond donors (Lipinski definition) is 3. The Morgan fingerprint density at radius 1 is 1.28 bits per heavy atom. The highest BCUT2D eigenvalue weighted by Crippen LogP contribution is 2.37. The van der Waals surface area contributed by atoms with Crippen LogP contribution in [-0.4, -0.2) is 29.2 Å². The molecule has 5 nitrogen and oxygen atoms in total. The summed E-state index contributed by atoms with van der Waals surface area (Å²) in [6.07, 6.45) is 4.98. The summed E-state index contributed by atoms with van der Waals surface area (Å²) in [4.78, 5) is 22.9. The van der Waals surface area contributed by atoms with Crippen molar-refractivity contribution in [2.24, 2.45) is 11.3 Å². The van der Waals surface area contributed by atoms with E-state index in [1.165, 1.54) is 0 Å². The van der Waals surface area contributed by atoms with Gasteiger partial charge in [0, 0.05) is 6.04 Å². The monoisotopic (exact) mass is 254 g/mol. The number of hydrogen-bond acceptors (Lipinski definition) is 2. The molecule has 102 valence electrons. The summed E-state index contributed by atoms with van der Waals surface area (Å²) in [6.45, 7) is 4.28. The maximum Gasteiger partial charge on any atom is 0.326 e. The van der Waals surface area contributed by atoms with Crippen molar-refractivity contribution in [3.63, 3.8) is 0 Å². The topological polar surface area (TPSA) is 78.4 Å². The first kappa shape index (κ1) is 13.2. The Kier molecular flexibility index (Phi) is 3.50. The molecule has 0 spiro atoms. The third-order valence-corrected chi connectivity index (χ3v) is 4.21. The van der Waals surface area contributed by atoms with Crippen LogP contribution in [0.2, 0.25) is 0 Å². The van der Waals surface area contributed by atoms with E-state index in [2.05, 4.69) is 24.5 Å². The first-order valence-corrected chi connectivity index (χ1v) is 6.70. The second kappa shape index (κ2) is 4.78. The summed E-state index contributed by atoms with van der Waals surface area (Å²) >= 11 is 0. The molecule has 0 aromatic rings. The van der Waals surface area contributed by atoms with E-state index in [9.17, 15) is 9.59 Å². The zero-order chi connectivity index (χ0) is 13.3. The molecule has 2 saturated carbocycles. The molecule has 2 rings (SSSR count). The summed E-state index contributed by atoms with van der Waals surface area (Å²) < 4.78 is 0. The number of rotatable bonds is 4. The van der Waals surface area contributed by atoms with E-state index in [0.29, 0.717) is 0 Å². The molecule has 2 aliphatic rings. The van der Waals surface area contributed by atoms with Gasteiger partial charge >= 0.3 is 12.0 Å². The summed E-state index contributed by atoms with van der Waals surface area (Å²) in [5.41, 5.74) is 0.107. The van der Waals surface area contributed by atoms with Crippen LogP contribution >= 0.6 is 0 Å². The van der Waals surface area contributed by atoms with Crippen molar-refractivity contribution in [1.82, 2.24) is 10.6 Å². The number of carbonyl (C=O) groups is 2. The average molecular weight is 254 g/mol. The predicted molar refractivity (Wildman–Crippen MR) is 67.2 cm³/mol. The Labute approximate surface area is 107 Å². The Balaban J connectivity index is 1.86. The lowest BCUT2D eigenvalue weighted by Crippen LogP contribution is -2.52. The number of carbonyl (C=O) groups excluding carboxylic acids is 1. The molecular weight excluding hydrogens is 232 g/mol. The Hall–Kier alpha value is -1.26. The zero-order valence-electron chi connectivity index (χ0n) is 11.0. The lowest BCUT2D eigenvalue weighted by Gasteiger charge is -2.28. The van der Waals surface area contributed by atoms with Gasteiger partial charge in [-0.3, -0.25) is 0 Å². The summed E-state index contributed by atoms with van der Waals surface area (Å²) in [5.74, 6) is -0.817. The van der Waals surface area contributed by atoms with Gasteiger partial charge in [0.2, 0.25) is 0 Å². The van der Waals surface area contributed by atoms with E-state index in [4.69, 9.17) is 5.11 Å². The van der Waals surface area contributed by atoms with Crippen LogP contribution in [0, 0.1) is 11.3 Å². The highest BCUT2D eigenvalue weighted by Gasteiger charge is 2.39. The lowest BCUT2D eigenvalue weighted by molar-refractivity contribution is -0.139. The minimum atomic E-state index is -0.932. The second-order valence-electron chi connectivity index (χ2n) is 6.20. The minimum absolute atomic E-state index is 0.107. The second-order valence-corrected chi connectivity index (χ2v) is 6.20. The number of aliphatic carboxylic acids is 1. The largest absolute Gasteiger partial charge is 0.480 e. The SMILES string of the molecule is CC1(C)CCCC1NC(=O)NC(C(=O)O)C1CC1. The van der Waals surface area contributed by atoms with Gasteiger partial charge in [0.25, 0.3) is 0 Å². The van der Waals surface area contributed by atoms with Crippen LogP contribution in [0.3, 0.4) is 0 Å². The third kappa shape index (κ3) is 2.94. The standard InChI is InChI=1S/C13H22N2O3/c1-13(2)7-3-4-9(13)14-12(18)15-10(11(16)17)8-5-6-8/h8-10H,3-7H2,1-2H3,(H,16,17)(H2,14,15,18). The molecule has 2 aliphatic carbocycles. The normalized spacial score (nSPS) is 27.6. The third-order valence-electron chi connectivity index (χ3n) is 4.21. The van der Waals surface area contributed by atoms with Crippen molar-refractivity contribution in [1.29, 1.82) is 0 Å². The van der Waals surface area contributed by atoms with E-state index in [-0.39, 0.29) is 23.4 Å². The number of carboxylic acid groups (broad SMARTS) is 1. The smallest absolute Gasteiger partial charge is 0.326 e. The molecule has 2 unspecified atom stereocenters. The van der Waals surface area contributed by atoms with Crippen LogP contribution in [0.4, 0.5) is 4.79 Å². The van der Waals surface area contributed by atoms with Crippen LogP contribution < -0.4 is 10.6 Å². The fourth-order valence-corrected chi connectivity index (χ4v) is 2.75. The number of nitrogens with one attached hydrogen (secondary N) is 2. The minimum Gasteiger partial charge on any atom is -0.480 e. The first-order valence-electron chi connectivity index (χ1n) is 6.70. The molecule has 18 heavy (non-hydrogen) atoms. The van der Waals surface area contributed by atoms with Gasteiger partial charge in [0.15, 0.2) is 0 Å². The molecule has 5 heteroatoms. The van der Waals surface area contributed by atoms with Gasteiger partial charge in [-0.15, -0.1) is 0 Å². The summed E-state index contributed by atoms with van der Waals surface area (Å²) in [5, 5.41) is 14.6. The van der Waals surface area contributed by atoms with Crippen LogP contribution in [-0.2, 0) is 4.79 Å². The van der Waals surface area contributed by atoms with Crippen molar-refractivity contribution < 1.29 is 14.7 Å². The summed E-state index contributed by atoms with van der Waals surface area (Å²) in [7, 11) is 0. The van der Waals surface area contributed by atoms with Gasteiger partial charge in [-0.25, -0.2) is 9.59 Å². The maximum atomic E-state index is 11.8. The molecule has 3 N–H and O–H groups in total. The quantitative estimate of drug-likeness (QED) is 0.715. The van der Waals surface area contributed by atoms with Gasteiger partial charge < -0.3 is 15.7 Å².